The van der Waals surface area contributed by atoms with E-state index in [1.807, 2.05) is 0 Å². The normalized spacial score (nSPS) is 11.8. The molecule has 0 bridgehead atoms. The summed E-state index contributed by atoms with van der Waals surface area (Å²) in [6.07, 6.45) is 0.346. The van der Waals surface area contributed by atoms with E-state index in [4.69, 9.17) is 0 Å². The smallest absolute Gasteiger partial charge is 0.267 e. The van der Waals surface area contributed by atoms with Crippen LogP contribution < -0.4 is 11.0 Å². The van der Waals surface area contributed by atoms with Crippen molar-refractivity contribution in [2.75, 3.05) is 5.43 Å². The lowest BCUT2D eigenvalue weighted by Gasteiger charge is -2.09. The molecular formula is C15H8F3N7O2. The molecule has 0 saturated heterocycles. The molecule has 1 amide bonds. The quantitative estimate of drug-likeness (QED) is 0.565. The fourth-order valence-corrected chi connectivity index (χ4v) is 2.40. The van der Waals surface area contributed by atoms with Gasteiger partial charge in [-0.05, 0) is 18.2 Å². The summed E-state index contributed by atoms with van der Waals surface area (Å²) >= 11 is 0. The standard InChI is InChI=1S/C15H8F3N7O2/c16-15(17,18)13-21-14-20-7-9-10(25(14)23-13)3-5-24(12(9)27)22-11(26)8-2-1-4-19-6-8/h1-7H,(H,22,26). The van der Waals surface area contributed by atoms with Gasteiger partial charge in [0.05, 0.1) is 16.5 Å². The minimum atomic E-state index is -4.74. The number of aromatic nitrogens is 6. The van der Waals surface area contributed by atoms with Crippen LogP contribution in [0.1, 0.15) is 16.2 Å². The number of carbonyl (C=O) groups excluding carboxylic acids is 1. The Bertz CT molecular complexity index is 1230. The van der Waals surface area contributed by atoms with Gasteiger partial charge < -0.3 is 0 Å². The topological polar surface area (TPSA) is 107 Å². The Labute approximate surface area is 147 Å². The predicted molar refractivity (Wildman–Crippen MR) is 85.5 cm³/mol. The van der Waals surface area contributed by atoms with Gasteiger partial charge in [0.25, 0.3) is 23.1 Å². The van der Waals surface area contributed by atoms with Crippen LogP contribution in [0.5, 0.6) is 0 Å². The van der Waals surface area contributed by atoms with Crippen LogP contribution in [0, 0.1) is 0 Å². The van der Waals surface area contributed by atoms with Crippen LogP contribution in [0.3, 0.4) is 0 Å². The van der Waals surface area contributed by atoms with E-state index in [2.05, 4.69) is 25.5 Å². The van der Waals surface area contributed by atoms with Crippen LogP contribution in [0.25, 0.3) is 16.7 Å². The second-order valence-electron chi connectivity index (χ2n) is 5.38. The Kier molecular flexibility index (Phi) is 3.61. The minimum absolute atomic E-state index is 0.0462. The van der Waals surface area contributed by atoms with E-state index >= 15 is 0 Å². The summed E-state index contributed by atoms with van der Waals surface area (Å²) in [5, 5.41) is 3.32. The number of pyridine rings is 2. The summed E-state index contributed by atoms with van der Waals surface area (Å²) in [6.45, 7) is 0. The first kappa shape index (κ1) is 16.6. The van der Waals surface area contributed by atoms with Gasteiger partial charge in [0.1, 0.15) is 0 Å². The van der Waals surface area contributed by atoms with Gasteiger partial charge in [0.15, 0.2) is 0 Å². The number of fused-ring (bicyclic) bond motifs is 3. The second kappa shape index (κ2) is 5.86. The average molecular weight is 375 g/mol. The molecule has 0 atom stereocenters. The molecule has 0 radical (unpaired) electrons. The van der Waals surface area contributed by atoms with Crippen LogP contribution >= 0.6 is 0 Å². The van der Waals surface area contributed by atoms with Crippen LogP contribution in [0.2, 0.25) is 0 Å². The maximum absolute atomic E-state index is 12.8. The van der Waals surface area contributed by atoms with Crippen LogP contribution in [0.15, 0.2) is 47.8 Å². The van der Waals surface area contributed by atoms with E-state index in [1.54, 1.807) is 6.07 Å². The van der Waals surface area contributed by atoms with Crippen molar-refractivity contribution in [2.45, 2.75) is 6.18 Å². The molecule has 0 spiro atoms. The molecule has 4 aromatic heterocycles. The number of nitrogens with zero attached hydrogens (tertiary/aromatic N) is 6. The van der Waals surface area contributed by atoms with Gasteiger partial charge in [-0.2, -0.15) is 22.7 Å². The number of carbonyl (C=O) groups is 1. The van der Waals surface area contributed by atoms with Crippen molar-refractivity contribution < 1.29 is 18.0 Å². The van der Waals surface area contributed by atoms with E-state index in [0.717, 1.165) is 15.4 Å². The van der Waals surface area contributed by atoms with Crippen LogP contribution in [0.4, 0.5) is 13.2 Å². The summed E-state index contributed by atoms with van der Waals surface area (Å²) in [5.41, 5.74) is 1.97. The molecule has 0 aliphatic rings. The molecule has 4 aromatic rings. The van der Waals surface area contributed by atoms with Gasteiger partial charge in [-0.3, -0.25) is 20.0 Å². The highest BCUT2D eigenvalue weighted by Gasteiger charge is 2.36. The molecule has 0 fully saturated rings. The third kappa shape index (κ3) is 2.86. The highest BCUT2D eigenvalue weighted by molar-refractivity contribution is 5.99. The Morgan fingerprint density at radius 2 is 2.00 bits per heavy atom. The number of amides is 1. The Morgan fingerprint density at radius 3 is 2.70 bits per heavy atom. The largest absolute Gasteiger partial charge is 0.453 e. The first-order chi connectivity index (χ1) is 12.8. The van der Waals surface area contributed by atoms with Gasteiger partial charge in [-0.1, -0.05) is 0 Å². The zero-order valence-corrected chi connectivity index (χ0v) is 13.2. The van der Waals surface area contributed by atoms with Crippen LogP contribution in [-0.2, 0) is 6.18 Å². The van der Waals surface area contributed by atoms with Gasteiger partial charge in [-0.15, -0.1) is 5.10 Å². The minimum Gasteiger partial charge on any atom is -0.267 e. The zero-order valence-electron chi connectivity index (χ0n) is 13.2. The van der Waals surface area contributed by atoms with E-state index in [9.17, 15) is 22.8 Å². The van der Waals surface area contributed by atoms with Gasteiger partial charge in [0, 0.05) is 24.8 Å². The zero-order chi connectivity index (χ0) is 19.2. The molecule has 1 N–H and O–H groups in total. The molecule has 0 aliphatic heterocycles. The molecule has 0 saturated carbocycles. The molecular weight excluding hydrogens is 367 g/mol. The fraction of sp³-hybridized carbons (Fsp3) is 0.0667. The van der Waals surface area contributed by atoms with Crippen LogP contribution in [-0.4, -0.2) is 35.1 Å². The summed E-state index contributed by atoms with van der Waals surface area (Å²) in [5.74, 6) is -2.25. The number of hydrogen-bond donors (Lipinski definition) is 1. The summed E-state index contributed by atoms with van der Waals surface area (Å²) in [4.78, 5) is 35.5. The van der Waals surface area contributed by atoms with Crippen molar-refractivity contribution >= 4 is 22.6 Å². The number of halogens is 3. The molecule has 9 nitrogen and oxygen atoms in total. The molecule has 0 unspecified atom stereocenters. The monoisotopic (exact) mass is 375 g/mol. The lowest BCUT2D eigenvalue weighted by Crippen LogP contribution is -2.33. The first-order valence-electron chi connectivity index (χ1n) is 7.40. The molecule has 27 heavy (non-hydrogen) atoms. The van der Waals surface area contributed by atoms with Gasteiger partial charge in [0.2, 0.25) is 0 Å². The maximum Gasteiger partial charge on any atom is 0.453 e. The fourth-order valence-electron chi connectivity index (χ4n) is 2.40. The van der Waals surface area contributed by atoms with E-state index in [0.29, 0.717) is 0 Å². The Hall–Kier alpha value is -3.83. The molecule has 4 heterocycles. The van der Waals surface area contributed by atoms with Crippen molar-refractivity contribution in [3.63, 3.8) is 0 Å². The number of hydrogen-bond acceptors (Lipinski definition) is 6. The predicted octanol–water partition coefficient (Wildman–Crippen LogP) is 1.24. The van der Waals surface area contributed by atoms with E-state index in [1.165, 1.54) is 30.7 Å². The molecule has 0 aliphatic carbocycles. The summed E-state index contributed by atoms with van der Waals surface area (Å²) in [7, 11) is 0. The average Bonchev–Trinajstić information content (AvgIpc) is 3.10. The number of alkyl halides is 3. The van der Waals surface area contributed by atoms with Crippen molar-refractivity contribution in [3.05, 3.63) is 64.7 Å². The third-order valence-electron chi connectivity index (χ3n) is 3.63. The van der Waals surface area contributed by atoms with Crippen molar-refractivity contribution in [1.82, 2.24) is 29.2 Å². The molecule has 12 heteroatoms. The van der Waals surface area contributed by atoms with Crippen molar-refractivity contribution in [3.8, 4) is 0 Å². The second-order valence-corrected chi connectivity index (χ2v) is 5.38. The Morgan fingerprint density at radius 1 is 1.19 bits per heavy atom. The van der Waals surface area contributed by atoms with Crippen molar-refractivity contribution in [2.24, 2.45) is 0 Å². The first-order valence-corrected chi connectivity index (χ1v) is 7.40. The van der Waals surface area contributed by atoms with E-state index in [-0.39, 0.29) is 22.2 Å². The number of rotatable bonds is 2. The van der Waals surface area contributed by atoms with Gasteiger partial charge >= 0.3 is 6.18 Å². The summed E-state index contributed by atoms with van der Waals surface area (Å²) in [6, 6.07) is 4.39. The molecule has 136 valence electrons. The Balaban J connectivity index is 1.79. The molecule has 4 rings (SSSR count). The highest BCUT2D eigenvalue weighted by atomic mass is 19.4. The molecule has 0 aromatic carbocycles. The van der Waals surface area contributed by atoms with E-state index < -0.39 is 23.5 Å². The third-order valence-corrected chi connectivity index (χ3v) is 3.63. The maximum atomic E-state index is 12.8. The van der Waals surface area contributed by atoms with Crippen molar-refractivity contribution in [1.29, 1.82) is 0 Å². The number of nitrogens with one attached hydrogen (secondary N) is 1. The SMILES string of the molecule is O=C(Nn1ccc2c(cnc3nc(C(F)(F)F)nn32)c1=O)c1cccnc1. The lowest BCUT2D eigenvalue weighted by molar-refractivity contribution is -0.144. The van der Waals surface area contributed by atoms with Gasteiger partial charge in [-0.25, -0.2) is 9.66 Å². The highest BCUT2D eigenvalue weighted by Crippen LogP contribution is 2.26. The lowest BCUT2D eigenvalue weighted by atomic mass is 10.3. The summed E-state index contributed by atoms with van der Waals surface area (Å²) < 4.78 is 40.1.